The Bertz CT molecular complexity index is 824. The van der Waals surface area contributed by atoms with Crippen LogP contribution in [0, 0.1) is 6.92 Å². The van der Waals surface area contributed by atoms with Crippen LogP contribution < -0.4 is 10.2 Å². The summed E-state index contributed by atoms with van der Waals surface area (Å²) in [6.07, 6.45) is 1.55. The van der Waals surface area contributed by atoms with Crippen molar-refractivity contribution in [3.8, 4) is 0 Å². The third kappa shape index (κ3) is 6.15. The van der Waals surface area contributed by atoms with Gasteiger partial charge in [0, 0.05) is 44.1 Å². The van der Waals surface area contributed by atoms with E-state index >= 15 is 0 Å². The van der Waals surface area contributed by atoms with E-state index in [0.29, 0.717) is 32.7 Å². The Balaban J connectivity index is 1.51. The molecule has 1 aliphatic heterocycles. The van der Waals surface area contributed by atoms with Gasteiger partial charge in [0.05, 0.1) is 6.61 Å². The van der Waals surface area contributed by atoms with Crippen molar-refractivity contribution in [1.82, 2.24) is 19.6 Å². The van der Waals surface area contributed by atoms with Crippen LogP contribution in [0.15, 0.2) is 24.3 Å². The molecular weight excluding hydrogens is 390 g/mol. The van der Waals surface area contributed by atoms with Crippen molar-refractivity contribution in [1.29, 1.82) is 0 Å². The predicted molar refractivity (Wildman–Crippen MR) is 112 cm³/mol. The number of nitrogens with zero attached hydrogens (tertiary/aromatic N) is 4. The summed E-state index contributed by atoms with van der Waals surface area (Å²) in [7, 11) is 0. The zero-order valence-electron chi connectivity index (χ0n) is 16.9. The Labute approximate surface area is 175 Å². The maximum absolute atomic E-state index is 12.3. The van der Waals surface area contributed by atoms with E-state index in [1.54, 1.807) is 11.8 Å². The van der Waals surface area contributed by atoms with E-state index in [1.807, 2.05) is 0 Å². The fourth-order valence-electron chi connectivity index (χ4n) is 3.12. The van der Waals surface area contributed by atoms with E-state index in [-0.39, 0.29) is 12.6 Å². The Morgan fingerprint density at radius 3 is 2.72 bits per heavy atom. The van der Waals surface area contributed by atoms with Gasteiger partial charge in [0.25, 0.3) is 0 Å². The Morgan fingerprint density at radius 1 is 1.17 bits per heavy atom. The highest BCUT2D eigenvalue weighted by atomic mass is 32.1. The van der Waals surface area contributed by atoms with Gasteiger partial charge in [-0.15, -0.1) is 0 Å². The zero-order valence-corrected chi connectivity index (χ0v) is 17.7. The molecule has 29 heavy (non-hydrogen) atoms. The number of hydrogen-bond donors (Lipinski definition) is 1. The molecule has 1 fully saturated rings. The van der Waals surface area contributed by atoms with Gasteiger partial charge in [0.15, 0.2) is 0 Å². The van der Waals surface area contributed by atoms with E-state index in [0.717, 1.165) is 23.9 Å². The first kappa shape index (κ1) is 21.0. The van der Waals surface area contributed by atoms with E-state index < -0.39 is 5.97 Å². The highest BCUT2D eigenvalue weighted by Crippen LogP contribution is 2.20. The average Bonchev–Trinajstić information content (AvgIpc) is 3.03. The fraction of sp³-hybridized carbons (Fsp3) is 0.500. The molecule has 8 nitrogen and oxygen atoms in total. The van der Waals surface area contributed by atoms with Gasteiger partial charge < -0.3 is 19.9 Å². The summed E-state index contributed by atoms with van der Waals surface area (Å²) >= 11 is 1.40. The summed E-state index contributed by atoms with van der Waals surface area (Å²) in [5.74, 6) is 0.398. The molecule has 0 spiro atoms. The van der Waals surface area contributed by atoms with E-state index in [1.165, 1.54) is 22.7 Å². The molecule has 0 saturated carbocycles. The molecule has 1 aromatic carbocycles. The summed E-state index contributed by atoms with van der Waals surface area (Å²) in [5.41, 5.74) is 2.43. The number of amides is 2. The minimum absolute atomic E-state index is 0.105. The lowest BCUT2D eigenvalue weighted by Crippen LogP contribution is -2.44. The third-order valence-corrected chi connectivity index (χ3v) is 5.50. The number of urea groups is 1. The molecule has 1 saturated heterocycles. The molecule has 0 atom stereocenters. The van der Waals surface area contributed by atoms with Crippen molar-refractivity contribution in [2.75, 3.05) is 44.2 Å². The number of ether oxygens (including phenoxy) is 1. The minimum atomic E-state index is -0.424. The number of benzene rings is 1. The fourth-order valence-corrected chi connectivity index (χ4v) is 3.85. The van der Waals surface area contributed by atoms with Crippen molar-refractivity contribution in [2.24, 2.45) is 0 Å². The van der Waals surface area contributed by atoms with Gasteiger partial charge in [0.1, 0.15) is 12.4 Å². The van der Waals surface area contributed by atoms with Crippen molar-refractivity contribution in [2.45, 2.75) is 26.7 Å². The van der Waals surface area contributed by atoms with Crippen LogP contribution in [0.1, 0.15) is 30.3 Å². The van der Waals surface area contributed by atoms with Crippen molar-refractivity contribution in [3.63, 3.8) is 0 Å². The number of anilines is 1. The summed E-state index contributed by atoms with van der Waals surface area (Å²) in [6, 6.07) is 8.17. The third-order valence-electron chi connectivity index (χ3n) is 4.68. The van der Waals surface area contributed by atoms with Crippen molar-refractivity contribution in [3.05, 3.63) is 41.2 Å². The van der Waals surface area contributed by atoms with Crippen LogP contribution in [-0.4, -0.2) is 65.6 Å². The molecule has 1 N–H and O–H groups in total. The molecule has 0 aliphatic carbocycles. The monoisotopic (exact) mass is 417 g/mol. The first-order valence-corrected chi connectivity index (χ1v) is 10.6. The molecule has 2 amide bonds. The maximum Gasteiger partial charge on any atom is 0.325 e. The lowest BCUT2D eigenvalue weighted by molar-refractivity contribution is -0.141. The van der Waals surface area contributed by atoms with Crippen LogP contribution in [0.5, 0.6) is 0 Å². The molecule has 2 heterocycles. The molecule has 1 aliphatic rings. The summed E-state index contributed by atoms with van der Waals surface area (Å²) in [6.45, 7) is 6.73. The van der Waals surface area contributed by atoms with Gasteiger partial charge in [-0.1, -0.05) is 29.8 Å². The van der Waals surface area contributed by atoms with Crippen LogP contribution in [0.25, 0.3) is 0 Å². The highest BCUT2D eigenvalue weighted by Gasteiger charge is 2.21. The first-order valence-electron chi connectivity index (χ1n) is 9.86. The van der Waals surface area contributed by atoms with Crippen LogP contribution in [0.2, 0.25) is 0 Å². The average molecular weight is 418 g/mol. The van der Waals surface area contributed by atoms with Crippen molar-refractivity contribution < 1.29 is 14.3 Å². The van der Waals surface area contributed by atoms with E-state index in [4.69, 9.17) is 9.72 Å². The number of esters is 1. The standard InChI is InChI=1S/C20H27N5O3S/c1-3-28-18(26)14-21-19(27)24-9-4-10-25(12-11-24)20-22-17(23-29-20)13-16-7-5-15(2)6-8-16/h5-8H,3-4,9-14H2,1-2H3,(H,21,27). The molecule has 156 valence electrons. The first-order chi connectivity index (χ1) is 14.0. The smallest absolute Gasteiger partial charge is 0.325 e. The van der Waals surface area contributed by atoms with Gasteiger partial charge in [-0.3, -0.25) is 4.79 Å². The van der Waals surface area contributed by atoms with Crippen LogP contribution in [-0.2, 0) is 16.0 Å². The molecule has 0 bridgehead atoms. The quantitative estimate of drug-likeness (QED) is 0.725. The molecule has 2 aromatic rings. The number of nitrogens with one attached hydrogen (secondary N) is 1. The molecule has 0 unspecified atom stereocenters. The molecule has 3 rings (SSSR count). The highest BCUT2D eigenvalue weighted by molar-refractivity contribution is 7.09. The van der Waals surface area contributed by atoms with Gasteiger partial charge in [-0.2, -0.15) is 4.37 Å². The summed E-state index contributed by atoms with van der Waals surface area (Å²) in [4.78, 5) is 32.3. The summed E-state index contributed by atoms with van der Waals surface area (Å²) < 4.78 is 9.34. The Morgan fingerprint density at radius 2 is 1.97 bits per heavy atom. The second kappa shape index (κ2) is 10.2. The second-order valence-electron chi connectivity index (χ2n) is 6.95. The second-order valence-corrected chi connectivity index (χ2v) is 7.68. The lowest BCUT2D eigenvalue weighted by Gasteiger charge is -2.21. The van der Waals surface area contributed by atoms with Crippen LogP contribution in [0.3, 0.4) is 0 Å². The van der Waals surface area contributed by atoms with Crippen LogP contribution in [0.4, 0.5) is 9.93 Å². The zero-order chi connectivity index (χ0) is 20.6. The summed E-state index contributed by atoms with van der Waals surface area (Å²) in [5, 5.41) is 3.51. The number of aryl methyl sites for hydroxylation is 1. The Hall–Kier alpha value is -2.68. The lowest BCUT2D eigenvalue weighted by atomic mass is 10.1. The Kier molecular flexibility index (Phi) is 7.40. The SMILES string of the molecule is CCOC(=O)CNC(=O)N1CCCN(c2nc(Cc3ccc(C)cc3)ns2)CC1. The topological polar surface area (TPSA) is 87.7 Å². The number of rotatable bonds is 6. The van der Waals surface area contributed by atoms with Crippen LogP contribution >= 0.6 is 11.5 Å². The number of carbonyl (C=O) groups is 2. The van der Waals surface area contributed by atoms with Gasteiger partial charge in [-0.25, -0.2) is 9.78 Å². The van der Waals surface area contributed by atoms with Gasteiger partial charge >= 0.3 is 12.0 Å². The number of aromatic nitrogens is 2. The minimum Gasteiger partial charge on any atom is -0.465 e. The predicted octanol–water partition coefficient (Wildman–Crippen LogP) is 2.22. The molecule has 9 heteroatoms. The number of hydrogen-bond acceptors (Lipinski definition) is 7. The molecule has 0 radical (unpaired) electrons. The maximum atomic E-state index is 12.3. The largest absolute Gasteiger partial charge is 0.465 e. The normalized spacial score (nSPS) is 14.4. The number of carbonyl (C=O) groups excluding carboxylic acids is 2. The molecule has 1 aromatic heterocycles. The van der Waals surface area contributed by atoms with Crippen molar-refractivity contribution >= 4 is 28.7 Å². The van der Waals surface area contributed by atoms with Gasteiger partial charge in [-0.05, 0) is 25.8 Å². The van der Waals surface area contributed by atoms with Gasteiger partial charge in [0.2, 0.25) is 5.13 Å². The molecular formula is C20H27N5O3S. The van der Waals surface area contributed by atoms with E-state index in [9.17, 15) is 9.59 Å². The van der Waals surface area contributed by atoms with E-state index in [2.05, 4.69) is 45.8 Å².